The minimum Gasteiger partial charge on any atom is -0.505 e. The van der Waals surface area contributed by atoms with Crippen LogP contribution in [0.5, 0.6) is 17.2 Å². The molecule has 57 heavy (non-hydrogen) atoms. The highest BCUT2D eigenvalue weighted by Gasteiger charge is 2.19. The van der Waals surface area contributed by atoms with Gasteiger partial charge in [-0.3, -0.25) is 14.4 Å². The van der Waals surface area contributed by atoms with Gasteiger partial charge in [-0.05, 0) is 79.4 Å². The number of aromatic amines is 1. The van der Waals surface area contributed by atoms with Crippen molar-refractivity contribution in [2.45, 2.75) is 31.5 Å². The number of para-hydroxylation sites is 1. The number of hydrogen-bond acceptors (Lipinski definition) is 17. The summed E-state index contributed by atoms with van der Waals surface area (Å²) in [6, 6.07) is 15.2. The van der Waals surface area contributed by atoms with E-state index >= 15 is 0 Å². The summed E-state index contributed by atoms with van der Waals surface area (Å²) in [6.45, 7) is 5.26. The largest absolute Gasteiger partial charge is 0.505 e. The molecule has 6 aromatic rings. The molecule has 0 bridgehead atoms. The maximum absolute atomic E-state index is 13.2. The second kappa shape index (κ2) is 17.2. The molecule has 4 aromatic carbocycles. The number of fused-ring (bicyclic) bond motifs is 1. The predicted molar refractivity (Wildman–Crippen MR) is 212 cm³/mol. The van der Waals surface area contributed by atoms with Gasteiger partial charge in [0.15, 0.2) is 21.5 Å². The van der Waals surface area contributed by atoms with E-state index in [1.807, 2.05) is 6.92 Å². The van der Waals surface area contributed by atoms with Crippen molar-refractivity contribution >= 4 is 83.5 Å². The van der Waals surface area contributed by atoms with E-state index in [-0.39, 0.29) is 52.8 Å². The number of azo groups is 3. The van der Waals surface area contributed by atoms with Gasteiger partial charge in [-0.15, -0.1) is 35.8 Å². The van der Waals surface area contributed by atoms with E-state index in [4.69, 9.17) is 9.29 Å². The fourth-order valence-corrected chi connectivity index (χ4v) is 7.31. The predicted octanol–water partition coefficient (Wildman–Crippen LogP) is 8.91. The molecule has 0 spiro atoms. The Balaban J connectivity index is 1.24. The molecule has 19 nitrogen and oxygen atoms in total. The Morgan fingerprint density at radius 2 is 1.70 bits per heavy atom. The van der Waals surface area contributed by atoms with Gasteiger partial charge in [0.25, 0.3) is 20.8 Å². The monoisotopic (exact) mass is 832 g/mol. The standard InChI is InChI=1S/C35H32N10O9S3/c1-4-55-35-43-42-34(56-35)41-38-25-17-28(54-13-6-14-57(51,52)53)26(15-18(25)2)39-37-24-12-9-20-16-21(10-11-22(20)30(24)46)36-40-29-19(3)44-45(32(29)48)27-8-5-7-23(31(27)47)33(49)50/h5,7-12,15-17,44,46-47H,4,6,13-14H2,1-3H3,(H,49,50)(H,51,52,53). The highest BCUT2D eigenvalue weighted by molar-refractivity contribution is 8.01. The molecule has 294 valence electrons. The Kier molecular flexibility index (Phi) is 12.2. The molecule has 22 heteroatoms. The van der Waals surface area contributed by atoms with Gasteiger partial charge < -0.3 is 20.1 Å². The van der Waals surface area contributed by atoms with Gasteiger partial charge in [0.1, 0.15) is 28.4 Å². The lowest BCUT2D eigenvalue weighted by Crippen LogP contribution is -2.15. The molecule has 0 saturated heterocycles. The second-order valence-electron chi connectivity index (χ2n) is 12.0. The second-order valence-corrected chi connectivity index (χ2v) is 16.1. The summed E-state index contributed by atoms with van der Waals surface area (Å²) in [5.41, 5.74) is 0.893. The van der Waals surface area contributed by atoms with Crippen LogP contribution in [0, 0.1) is 13.8 Å². The molecule has 0 atom stereocenters. The first-order valence-electron chi connectivity index (χ1n) is 16.8. The number of H-pyrrole nitrogens is 1. The maximum atomic E-state index is 13.2. The molecular formula is C35H32N10O9S3. The Hall–Kier alpha value is -6.36. The van der Waals surface area contributed by atoms with Crippen molar-refractivity contribution in [2.24, 2.45) is 30.7 Å². The molecule has 0 fully saturated rings. The van der Waals surface area contributed by atoms with Gasteiger partial charge in [-0.25, -0.2) is 9.48 Å². The van der Waals surface area contributed by atoms with Crippen LogP contribution in [0.3, 0.4) is 0 Å². The van der Waals surface area contributed by atoms with Crippen molar-refractivity contribution in [1.29, 1.82) is 0 Å². The van der Waals surface area contributed by atoms with Crippen molar-refractivity contribution < 1.29 is 37.8 Å². The Bertz CT molecular complexity index is 2760. The topological polar surface area (TPSA) is 279 Å². The van der Waals surface area contributed by atoms with E-state index in [1.54, 1.807) is 50.2 Å². The SMILES string of the molecule is CCSc1nnc(N=Nc2cc(OCCCS(=O)(=O)O)c(N=Nc3ccc4cc(N=Nc5c(C)[nH]n(-c6cccc(C(=O)O)c6O)c5=O)ccc4c3O)cc2C)s1. The average Bonchev–Trinajstić information content (AvgIpc) is 3.73. The number of phenols is 2. The van der Waals surface area contributed by atoms with Crippen molar-refractivity contribution in [3.8, 4) is 22.9 Å². The number of aryl methyl sites for hydroxylation is 2. The number of carboxylic acids is 1. The molecule has 6 rings (SSSR count). The zero-order valence-corrected chi connectivity index (χ0v) is 32.6. The average molecular weight is 833 g/mol. The van der Waals surface area contributed by atoms with E-state index in [2.05, 4.69) is 46.0 Å². The first-order valence-corrected chi connectivity index (χ1v) is 20.2. The van der Waals surface area contributed by atoms with E-state index in [0.717, 1.165) is 14.8 Å². The first kappa shape index (κ1) is 40.3. The van der Waals surface area contributed by atoms with E-state index in [1.165, 1.54) is 47.4 Å². The van der Waals surface area contributed by atoms with Crippen LogP contribution in [-0.4, -0.2) is 72.3 Å². The lowest BCUT2D eigenvalue weighted by Gasteiger charge is -2.11. The zero-order valence-electron chi connectivity index (χ0n) is 30.2. The third-order valence-corrected chi connectivity index (χ3v) is 10.6. The number of ether oxygens (including phenoxy) is 1. The summed E-state index contributed by atoms with van der Waals surface area (Å²) in [5, 5.41) is 68.5. The van der Waals surface area contributed by atoms with Gasteiger partial charge in [-0.1, -0.05) is 42.2 Å². The minimum absolute atomic E-state index is 0.00767. The van der Waals surface area contributed by atoms with Crippen LogP contribution in [0.15, 0.2) is 100 Å². The summed E-state index contributed by atoms with van der Waals surface area (Å²) in [4.78, 5) is 24.6. The van der Waals surface area contributed by atoms with Crippen LogP contribution >= 0.6 is 23.1 Å². The number of carbonyl (C=O) groups is 1. The number of aromatic carboxylic acids is 1. The van der Waals surface area contributed by atoms with Crippen LogP contribution < -0.4 is 10.3 Å². The number of carboxylic acid groups (broad SMARTS) is 1. The lowest BCUT2D eigenvalue weighted by molar-refractivity contribution is 0.0693. The normalized spacial score (nSPS) is 12.1. The Morgan fingerprint density at radius 1 is 0.930 bits per heavy atom. The lowest BCUT2D eigenvalue weighted by atomic mass is 10.1. The summed E-state index contributed by atoms with van der Waals surface area (Å²) in [5.74, 6) is -1.63. The molecule has 0 radical (unpaired) electrons. The third kappa shape index (κ3) is 9.55. The van der Waals surface area contributed by atoms with Gasteiger partial charge in [0.05, 0.1) is 29.4 Å². The fourth-order valence-electron chi connectivity index (χ4n) is 5.27. The molecule has 0 unspecified atom stereocenters. The summed E-state index contributed by atoms with van der Waals surface area (Å²) in [6.07, 6.45) is -0.00767. The summed E-state index contributed by atoms with van der Waals surface area (Å²) < 4.78 is 39.2. The van der Waals surface area contributed by atoms with Crippen molar-refractivity contribution in [3.05, 3.63) is 87.8 Å². The van der Waals surface area contributed by atoms with Gasteiger partial charge >= 0.3 is 5.97 Å². The molecule has 0 saturated carbocycles. The molecule has 5 N–H and O–H groups in total. The zero-order chi connectivity index (χ0) is 40.9. The number of benzene rings is 4. The molecule has 0 aliphatic rings. The van der Waals surface area contributed by atoms with Crippen LogP contribution in [0.2, 0.25) is 0 Å². The quantitative estimate of drug-likeness (QED) is 0.0281. The Morgan fingerprint density at radius 3 is 2.46 bits per heavy atom. The third-order valence-electron chi connectivity index (χ3n) is 8.00. The van der Waals surface area contributed by atoms with E-state index < -0.39 is 33.1 Å². The highest BCUT2D eigenvalue weighted by atomic mass is 32.2. The number of nitrogens with zero attached hydrogens (tertiary/aromatic N) is 9. The number of aromatic nitrogens is 4. The van der Waals surface area contributed by atoms with Gasteiger partial charge in [-0.2, -0.15) is 13.5 Å². The van der Waals surface area contributed by atoms with Crippen molar-refractivity contribution in [3.63, 3.8) is 0 Å². The van der Waals surface area contributed by atoms with Gasteiger partial charge in [0.2, 0.25) is 0 Å². The van der Waals surface area contributed by atoms with Crippen LogP contribution in [0.4, 0.5) is 33.6 Å². The number of rotatable bonds is 15. The van der Waals surface area contributed by atoms with Crippen molar-refractivity contribution in [1.82, 2.24) is 20.0 Å². The Labute approximate surface area is 331 Å². The summed E-state index contributed by atoms with van der Waals surface area (Å²) in [7, 11) is -4.20. The minimum atomic E-state index is -4.20. The smallest absolute Gasteiger partial charge is 0.339 e. The van der Waals surface area contributed by atoms with Crippen LogP contribution in [0.25, 0.3) is 16.5 Å². The van der Waals surface area contributed by atoms with Gasteiger partial charge in [0, 0.05) is 11.5 Å². The highest BCUT2D eigenvalue weighted by Crippen LogP contribution is 2.41. The number of nitrogens with one attached hydrogen (secondary N) is 1. The number of hydrogen-bond donors (Lipinski definition) is 5. The molecule has 0 amide bonds. The van der Waals surface area contributed by atoms with E-state index in [0.29, 0.717) is 38.5 Å². The van der Waals surface area contributed by atoms with Crippen LogP contribution in [-0.2, 0) is 10.1 Å². The molecular weight excluding hydrogens is 801 g/mol. The molecule has 0 aliphatic carbocycles. The molecule has 0 aliphatic heterocycles. The van der Waals surface area contributed by atoms with E-state index in [9.17, 15) is 33.3 Å². The number of phenolic OH excluding ortho intramolecular Hbond substituents is 1. The van der Waals surface area contributed by atoms with Crippen molar-refractivity contribution in [2.75, 3.05) is 18.1 Å². The number of aromatic hydroxyl groups is 2. The maximum Gasteiger partial charge on any atom is 0.339 e. The van der Waals surface area contributed by atoms with Crippen LogP contribution in [0.1, 0.15) is 35.0 Å². The molecule has 2 heterocycles. The first-order chi connectivity index (χ1) is 27.2. The molecule has 2 aromatic heterocycles. The fraction of sp³-hybridized carbons (Fsp3) is 0.200. The number of thioether (sulfide) groups is 1. The summed E-state index contributed by atoms with van der Waals surface area (Å²) >= 11 is 2.82.